The second-order valence-electron chi connectivity index (χ2n) is 8.56. The minimum Gasteiger partial charge on any atom is -0.472 e. The number of likely N-dealkylation sites (N-methyl/N-ethyl adjacent to an activating group) is 1. The number of carboxylic acid groups (broad SMARTS) is 1. The van der Waals surface area contributed by atoms with Crippen LogP contribution in [-0.2, 0) is 6.54 Å². The molecule has 2 fully saturated rings. The third-order valence-electron chi connectivity index (χ3n) is 6.02. The fraction of sp³-hybridized carbons (Fsp3) is 0.435. The molecular formula is C23H27N5O3. The van der Waals surface area contributed by atoms with Crippen LogP contribution < -0.4 is 9.64 Å². The van der Waals surface area contributed by atoms with Gasteiger partial charge in [0.2, 0.25) is 5.88 Å². The van der Waals surface area contributed by atoms with Gasteiger partial charge in [0, 0.05) is 18.5 Å². The molecule has 1 N–H and O–H groups in total. The fourth-order valence-electron chi connectivity index (χ4n) is 4.27. The summed E-state index contributed by atoms with van der Waals surface area (Å²) >= 11 is 0. The number of carbonyl (C=O) groups is 1. The zero-order valence-corrected chi connectivity index (χ0v) is 17.6. The number of fused-ring (bicyclic) bond motifs is 1. The number of piperidine rings is 1. The minimum atomic E-state index is -1.03. The first-order valence-corrected chi connectivity index (χ1v) is 10.9. The average molecular weight is 422 g/mol. The van der Waals surface area contributed by atoms with E-state index in [1.807, 2.05) is 36.5 Å². The number of likely N-dealkylation sites (tertiary alicyclic amines) is 1. The number of rotatable bonds is 6. The Hall–Kier alpha value is -3.13. The first-order chi connectivity index (χ1) is 15.1. The standard InChI is InChI=1S/C23H27N5O3/c1-26-11-5-8-18(15-26)31-21-12-19(22-24-13-20(17-9-10-17)28(22)25-21)27(23(29)30)14-16-6-3-2-4-7-16/h2-4,6-7,12-13,17-18H,5,8-11,14-15H2,1H3,(H,29,30)/t18-/m1/s1. The highest BCUT2D eigenvalue weighted by atomic mass is 16.5. The van der Waals surface area contributed by atoms with E-state index in [0.717, 1.165) is 50.0 Å². The van der Waals surface area contributed by atoms with Crippen molar-refractivity contribution in [2.75, 3.05) is 25.0 Å². The molecule has 31 heavy (non-hydrogen) atoms. The van der Waals surface area contributed by atoms with E-state index in [2.05, 4.69) is 16.9 Å². The molecule has 0 bridgehead atoms. The summed E-state index contributed by atoms with van der Waals surface area (Å²) in [5, 5.41) is 14.8. The molecule has 1 aromatic carbocycles. The summed E-state index contributed by atoms with van der Waals surface area (Å²) in [7, 11) is 2.09. The molecule has 162 valence electrons. The van der Waals surface area contributed by atoms with Gasteiger partial charge in [-0.15, -0.1) is 5.10 Å². The normalized spacial score (nSPS) is 19.5. The van der Waals surface area contributed by atoms with Crippen molar-refractivity contribution < 1.29 is 14.6 Å². The highest BCUT2D eigenvalue weighted by molar-refractivity contribution is 5.91. The first-order valence-electron chi connectivity index (χ1n) is 10.9. The predicted octanol–water partition coefficient (Wildman–Crippen LogP) is 3.76. The van der Waals surface area contributed by atoms with Crippen molar-refractivity contribution in [1.82, 2.24) is 19.5 Å². The maximum atomic E-state index is 12.3. The molecule has 1 aliphatic heterocycles. The summed E-state index contributed by atoms with van der Waals surface area (Å²) in [5.41, 5.74) is 2.98. The molecule has 8 heteroatoms. The molecular weight excluding hydrogens is 394 g/mol. The monoisotopic (exact) mass is 421 g/mol. The maximum Gasteiger partial charge on any atom is 0.412 e. The Morgan fingerprint density at radius 1 is 1.26 bits per heavy atom. The van der Waals surface area contributed by atoms with Crippen LogP contribution in [0.3, 0.4) is 0 Å². The smallest absolute Gasteiger partial charge is 0.412 e. The molecule has 2 aromatic heterocycles. The average Bonchev–Trinajstić information content (AvgIpc) is 3.51. The lowest BCUT2D eigenvalue weighted by Gasteiger charge is -2.30. The van der Waals surface area contributed by atoms with Gasteiger partial charge in [0.25, 0.3) is 0 Å². The van der Waals surface area contributed by atoms with Crippen LogP contribution in [0.5, 0.6) is 5.88 Å². The number of hydrogen-bond donors (Lipinski definition) is 1. The Balaban J connectivity index is 1.55. The van der Waals surface area contributed by atoms with Gasteiger partial charge in [0.05, 0.1) is 24.1 Å². The van der Waals surface area contributed by atoms with E-state index in [1.165, 1.54) is 4.90 Å². The first kappa shape index (κ1) is 19.8. The molecule has 0 unspecified atom stereocenters. The van der Waals surface area contributed by atoms with E-state index >= 15 is 0 Å². The number of anilines is 1. The van der Waals surface area contributed by atoms with Gasteiger partial charge in [-0.1, -0.05) is 30.3 Å². The van der Waals surface area contributed by atoms with Crippen LogP contribution in [0.25, 0.3) is 5.65 Å². The van der Waals surface area contributed by atoms with Crippen LogP contribution in [0.15, 0.2) is 42.6 Å². The van der Waals surface area contributed by atoms with Crippen LogP contribution in [-0.4, -0.2) is 56.9 Å². The lowest BCUT2D eigenvalue weighted by atomic mass is 10.1. The molecule has 1 amide bonds. The fourth-order valence-corrected chi connectivity index (χ4v) is 4.27. The molecule has 1 aliphatic carbocycles. The van der Waals surface area contributed by atoms with Crippen LogP contribution in [0, 0.1) is 0 Å². The van der Waals surface area contributed by atoms with E-state index in [0.29, 0.717) is 23.1 Å². The summed E-state index contributed by atoms with van der Waals surface area (Å²) in [6, 6.07) is 11.3. The summed E-state index contributed by atoms with van der Waals surface area (Å²) in [6.45, 7) is 2.13. The van der Waals surface area contributed by atoms with E-state index in [1.54, 1.807) is 10.6 Å². The number of amides is 1. The Morgan fingerprint density at radius 2 is 2.06 bits per heavy atom. The van der Waals surface area contributed by atoms with Crippen molar-refractivity contribution in [1.29, 1.82) is 0 Å². The lowest BCUT2D eigenvalue weighted by Crippen LogP contribution is -2.38. The van der Waals surface area contributed by atoms with Crippen LogP contribution in [0.1, 0.15) is 42.9 Å². The largest absolute Gasteiger partial charge is 0.472 e. The van der Waals surface area contributed by atoms with Crippen LogP contribution in [0.4, 0.5) is 10.5 Å². The molecule has 3 aromatic rings. The van der Waals surface area contributed by atoms with Gasteiger partial charge in [0.1, 0.15) is 6.10 Å². The van der Waals surface area contributed by atoms with E-state index < -0.39 is 6.09 Å². The Bertz CT molecular complexity index is 1080. The number of imidazole rings is 1. The van der Waals surface area contributed by atoms with Gasteiger partial charge in [-0.3, -0.25) is 4.90 Å². The number of benzene rings is 1. The Labute approximate surface area is 181 Å². The molecule has 2 aliphatic rings. The molecule has 1 saturated heterocycles. The van der Waals surface area contributed by atoms with Crippen molar-refractivity contribution in [2.24, 2.45) is 0 Å². The number of hydrogen-bond acceptors (Lipinski definition) is 5. The number of nitrogens with zero attached hydrogens (tertiary/aromatic N) is 5. The van der Waals surface area contributed by atoms with Crippen molar-refractivity contribution in [3.63, 3.8) is 0 Å². The highest BCUT2D eigenvalue weighted by Gasteiger charge is 2.30. The van der Waals surface area contributed by atoms with Gasteiger partial charge < -0.3 is 14.7 Å². The quantitative estimate of drug-likeness (QED) is 0.652. The van der Waals surface area contributed by atoms with Gasteiger partial charge in [-0.05, 0) is 44.8 Å². The zero-order valence-electron chi connectivity index (χ0n) is 17.6. The SMILES string of the molecule is CN1CCC[C@@H](Oc2cc(N(Cc3ccccc3)C(=O)O)c3ncc(C4CC4)n3n2)C1. The minimum absolute atomic E-state index is 0.0387. The van der Waals surface area contributed by atoms with Crippen molar-refractivity contribution in [3.8, 4) is 5.88 Å². The topological polar surface area (TPSA) is 83.2 Å². The lowest BCUT2D eigenvalue weighted by molar-refractivity contribution is 0.0988. The van der Waals surface area contributed by atoms with Gasteiger partial charge >= 0.3 is 6.09 Å². The molecule has 8 nitrogen and oxygen atoms in total. The zero-order chi connectivity index (χ0) is 21.4. The van der Waals surface area contributed by atoms with Crippen molar-refractivity contribution in [3.05, 3.63) is 53.9 Å². The third kappa shape index (κ3) is 4.20. The summed E-state index contributed by atoms with van der Waals surface area (Å²) in [6.07, 6.45) is 5.08. The second-order valence-corrected chi connectivity index (χ2v) is 8.56. The molecule has 1 atom stereocenters. The van der Waals surface area contributed by atoms with E-state index in [-0.39, 0.29) is 12.6 Å². The molecule has 5 rings (SSSR count). The van der Waals surface area contributed by atoms with Gasteiger partial charge in [-0.25, -0.2) is 14.3 Å². The highest BCUT2D eigenvalue weighted by Crippen LogP contribution is 2.41. The predicted molar refractivity (Wildman–Crippen MR) is 117 cm³/mol. The number of ether oxygens (including phenoxy) is 1. The maximum absolute atomic E-state index is 12.3. The molecule has 3 heterocycles. The third-order valence-corrected chi connectivity index (χ3v) is 6.02. The van der Waals surface area contributed by atoms with E-state index in [4.69, 9.17) is 9.84 Å². The summed E-state index contributed by atoms with van der Waals surface area (Å²) in [4.78, 5) is 20.4. The molecule has 0 radical (unpaired) electrons. The van der Waals surface area contributed by atoms with Crippen molar-refractivity contribution >= 4 is 17.4 Å². The molecule has 0 spiro atoms. The Morgan fingerprint density at radius 3 is 2.77 bits per heavy atom. The van der Waals surface area contributed by atoms with Crippen LogP contribution >= 0.6 is 0 Å². The molecule has 1 saturated carbocycles. The van der Waals surface area contributed by atoms with E-state index in [9.17, 15) is 9.90 Å². The number of aromatic nitrogens is 3. The van der Waals surface area contributed by atoms with Crippen molar-refractivity contribution in [2.45, 2.75) is 44.2 Å². The second kappa shape index (κ2) is 8.19. The van der Waals surface area contributed by atoms with Gasteiger partial charge in [0.15, 0.2) is 5.65 Å². The van der Waals surface area contributed by atoms with Crippen LogP contribution in [0.2, 0.25) is 0 Å². The van der Waals surface area contributed by atoms with Gasteiger partial charge in [-0.2, -0.15) is 0 Å². The summed E-state index contributed by atoms with van der Waals surface area (Å²) in [5.74, 6) is 0.876. The Kier molecular flexibility index (Phi) is 5.23. The summed E-state index contributed by atoms with van der Waals surface area (Å²) < 4.78 is 8.05.